The fourth-order valence-electron chi connectivity index (χ4n) is 9.18. The first-order valence-corrected chi connectivity index (χ1v) is 17.6. The topological polar surface area (TPSA) is 61.4 Å². The Bertz CT molecular complexity index is 3370. The van der Waals surface area contributed by atoms with Gasteiger partial charge in [0.05, 0.1) is 38.8 Å². The molecule has 0 saturated heterocycles. The number of hydrogen-bond donors (Lipinski definition) is 0. The summed E-state index contributed by atoms with van der Waals surface area (Å²) in [5.41, 5.74) is 13.7. The van der Waals surface area contributed by atoms with Gasteiger partial charge in [-0.15, -0.1) is 0 Å². The molecule has 6 nitrogen and oxygen atoms in total. The summed E-state index contributed by atoms with van der Waals surface area (Å²) in [6, 6.07) is 51.9. The highest BCUT2D eigenvalue weighted by molar-refractivity contribution is 6.30. The van der Waals surface area contributed by atoms with Gasteiger partial charge in [-0.2, -0.15) is 9.97 Å². The van der Waals surface area contributed by atoms with Crippen LogP contribution in [0.4, 0.5) is 0 Å². The molecule has 4 aromatic heterocycles. The molecule has 0 N–H and O–H groups in total. The summed E-state index contributed by atoms with van der Waals surface area (Å²) in [5.74, 6) is 1.19. The second-order valence-corrected chi connectivity index (χ2v) is 13.8. The SMILES string of the molecule is c1ccc2c(c1)-c1nc(-n3c4ccccc4c4ccccc43)nc3nc(-n4c5cccc6c5c5c7c(cccc7ccc54)-c4ccccc4-6)nc-2c13. The smallest absolute Gasteiger partial charge is 0.237 e. The molecule has 0 saturated carbocycles. The van der Waals surface area contributed by atoms with Gasteiger partial charge < -0.3 is 0 Å². The average Bonchev–Trinajstić information content (AvgIpc) is 3.81. The molecule has 11 aromatic rings. The zero-order valence-corrected chi connectivity index (χ0v) is 27.5. The van der Waals surface area contributed by atoms with Gasteiger partial charge >= 0.3 is 0 Å². The fourth-order valence-corrected chi connectivity index (χ4v) is 9.18. The lowest BCUT2D eigenvalue weighted by atomic mass is 9.93. The molecule has 2 aliphatic rings. The van der Waals surface area contributed by atoms with E-state index in [1.54, 1.807) is 0 Å². The highest BCUT2D eigenvalue weighted by Crippen LogP contribution is 2.50. The first kappa shape index (κ1) is 26.7. The first-order valence-electron chi connectivity index (χ1n) is 17.6. The summed E-state index contributed by atoms with van der Waals surface area (Å²) >= 11 is 0. The number of fused-ring (bicyclic) bond motifs is 9. The molecule has 2 aliphatic carbocycles. The third kappa shape index (κ3) is 3.17. The van der Waals surface area contributed by atoms with Crippen molar-refractivity contribution >= 4 is 65.4 Å². The predicted molar refractivity (Wildman–Crippen MR) is 210 cm³/mol. The lowest BCUT2D eigenvalue weighted by Gasteiger charge is -2.13. The molecule has 238 valence electrons. The maximum absolute atomic E-state index is 5.41. The van der Waals surface area contributed by atoms with Crippen molar-refractivity contribution in [2.24, 2.45) is 0 Å². The van der Waals surface area contributed by atoms with Crippen LogP contribution in [0.2, 0.25) is 0 Å². The van der Waals surface area contributed by atoms with Crippen LogP contribution in [0.1, 0.15) is 0 Å². The zero-order chi connectivity index (χ0) is 33.7. The normalized spacial score (nSPS) is 12.6. The standard InChI is InChI=1S/C46H24N6/c1-2-13-27-26(12-1)30-18-9-11-25-23-24-37-40(38(25)30)39-31(27)19-10-22-36(39)52(37)46-48-43-33-17-4-3-16-32(33)42-41(43)44(50-46)49-45(47-42)51-34-20-7-5-14-28(34)29-15-6-8-21-35(29)51/h1-24H. The molecular weight excluding hydrogens is 637 g/mol. The molecule has 13 rings (SSSR count). The highest BCUT2D eigenvalue weighted by atomic mass is 15.2. The van der Waals surface area contributed by atoms with Gasteiger partial charge in [0.1, 0.15) is 0 Å². The molecule has 0 unspecified atom stereocenters. The maximum atomic E-state index is 5.41. The number of aromatic nitrogens is 6. The van der Waals surface area contributed by atoms with E-state index in [9.17, 15) is 0 Å². The Labute approximate surface area is 295 Å². The van der Waals surface area contributed by atoms with E-state index in [0.29, 0.717) is 17.5 Å². The van der Waals surface area contributed by atoms with Crippen molar-refractivity contribution in [2.75, 3.05) is 0 Å². The van der Waals surface area contributed by atoms with Crippen LogP contribution < -0.4 is 0 Å². The summed E-state index contributed by atoms with van der Waals surface area (Å²) in [4.78, 5) is 21.4. The van der Waals surface area contributed by atoms with E-state index in [1.165, 1.54) is 54.6 Å². The molecule has 0 radical (unpaired) electrons. The van der Waals surface area contributed by atoms with Crippen molar-refractivity contribution in [2.45, 2.75) is 0 Å². The molecule has 0 atom stereocenters. The number of para-hydroxylation sites is 2. The van der Waals surface area contributed by atoms with Crippen molar-refractivity contribution in [1.82, 2.24) is 29.1 Å². The largest absolute Gasteiger partial charge is 0.278 e. The minimum absolute atomic E-state index is 0.596. The molecule has 6 heteroatoms. The summed E-state index contributed by atoms with van der Waals surface area (Å²) in [7, 11) is 0. The fraction of sp³-hybridized carbons (Fsp3) is 0. The average molecular weight is 661 g/mol. The molecule has 7 aromatic carbocycles. The first-order chi connectivity index (χ1) is 25.8. The van der Waals surface area contributed by atoms with E-state index in [0.717, 1.165) is 50.0 Å². The Morgan fingerprint density at radius 2 is 0.788 bits per heavy atom. The lowest BCUT2D eigenvalue weighted by molar-refractivity contribution is 0.976. The highest BCUT2D eigenvalue weighted by Gasteiger charge is 2.30. The van der Waals surface area contributed by atoms with Gasteiger partial charge in [0.2, 0.25) is 11.9 Å². The van der Waals surface area contributed by atoms with Gasteiger partial charge in [0.25, 0.3) is 0 Å². The molecule has 0 aliphatic heterocycles. The Morgan fingerprint density at radius 1 is 0.308 bits per heavy atom. The Hall–Kier alpha value is -7.18. The summed E-state index contributed by atoms with van der Waals surface area (Å²) in [6.07, 6.45) is 0. The van der Waals surface area contributed by atoms with Crippen LogP contribution in [0.15, 0.2) is 146 Å². The van der Waals surface area contributed by atoms with Crippen LogP contribution in [-0.4, -0.2) is 29.1 Å². The molecule has 0 spiro atoms. The monoisotopic (exact) mass is 660 g/mol. The second kappa shape index (κ2) is 9.33. The van der Waals surface area contributed by atoms with Gasteiger partial charge in [-0.25, -0.2) is 9.97 Å². The molecule has 0 fully saturated rings. The van der Waals surface area contributed by atoms with Gasteiger partial charge in [-0.05, 0) is 57.3 Å². The van der Waals surface area contributed by atoms with E-state index < -0.39 is 0 Å². The number of nitrogens with zero attached hydrogens (tertiary/aromatic N) is 6. The minimum atomic E-state index is 0.596. The molecular formula is C46H24N6. The maximum Gasteiger partial charge on any atom is 0.237 e. The zero-order valence-electron chi connectivity index (χ0n) is 27.5. The van der Waals surface area contributed by atoms with Crippen molar-refractivity contribution in [3.8, 4) is 56.7 Å². The van der Waals surface area contributed by atoms with E-state index in [1.807, 2.05) is 0 Å². The predicted octanol–water partition coefficient (Wildman–Crippen LogP) is 11.1. The van der Waals surface area contributed by atoms with Crippen LogP contribution in [0.25, 0.3) is 122 Å². The molecule has 0 amide bonds. The molecule has 4 heterocycles. The van der Waals surface area contributed by atoms with Crippen LogP contribution in [-0.2, 0) is 0 Å². The Morgan fingerprint density at radius 3 is 1.44 bits per heavy atom. The summed E-state index contributed by atoms with van der Waals surface area (Å²) in [5, 5.41) is 8.14. The third-order valence-corrected chi connectivity index (χ3v) is 11.3. The van der Waals surface area contributed by atoms with Gasteiger partial charge in [0.15, 0.2) is 5.65 Å². The van der Waals surface area contributed by atoms with E-state index >= 15 is 0 Å². The second-order valence-electron chi connectivity index (χ2n) is 13.8. The van der Waals surface area contributed by atoms with Crippen molar-refractivity contribution in [3.05, 3.63) is 146 Å². The van der Waals surface area contributed by atoms with E-state index in [2.05, 4.69) is 155 Å². The Kier molecular flexibility index (Phi) is 4.78. The van der Waals surface area contributed by atoms with Crippen LogP contribution in [0.3, 0.4) is 0 Å². The van der Waals surface area contributed by atoms with E-state index in [-0.39, 0.29) is 0 Å². The van der Waals surface area contributed by atoms with Crippen LogP contribution in [0.5, 0.6) is 0 Å². The lowest BCUT2D eigenvalue weighted by Crippen LogP contribution is -2.07. The third-order valence-electron chi connectivity index (χ3n) is 11.3. The van der Waals surface area contributed by atoms with Crippen molar-refractivity contribution < 1.29 is 0 Å². The number of rotatable bonds is 2. The number of hydrogen-bond acceptors (Lipinski definition) is 4. The van der Waals surface area contributed by atoms with E-state index in [4.69, 9.17) is 19.9 Å². The number of benzene rings is 7. The molecule has 0 bridgehead atoms. The van der Waals surface area contributed by atoms with Crippen molar-refractivity contribution in [3.63, 3.8) is 0 Å². The summed E-state index contributed by atoms with van der Waals surface area (Å²) in [6.45, 7) is 0. The van der Waals surface area contributed by atoms with Crippen LogP contribution in [0, 0.1) is 0 Å². The van der Waals surface area contributed by atoms with Gasteiger partial charge in [-0.1, -0.05) is 121 Å². The quantitative estimate of drug-likeness (QED) is 0.185. The van der Waals surface area contributed by atoms with Gasteiger partial charge in [0, 0.05) is 32.7 Å². The Balaban J connectivity index is 1.18. The summed E-state index contributed by atoms with van der Waals surface area (Å²) < 4.78 is 4.42. The van der Waals surface area contributed by atoms with Crippen molar-refractivity contribution in [1.29, 1.82) is 0 Å². The van der Waals surface area contributed by atoms with Crippen LogP contribution >= 0.6 is 0 Å². The molecule has 52 heavy (non-hydrogen) atoms. The van der Waals surface area contributed by atoms with Gasteiger partial charge in [-0.3, -0.25) is 9.13 Å². The minimum Gasteiger partial charge on any atom is -0.278 e.